The van der Waals surface area contributed by atoms with Gasteiger partial charge in [0.1, 0.15) is 0 Å². The minimum atomic E-state index is -1.00. The number of aromatic nitrogens is 2. The van der Waals surface area contributed by atoms with Crippen LogP contribution in [0, 0.1) is 0 Å². The first-order valence-electron chi connectivity index (χ1n) is 9.98. The van der Waals surface area contributed by atoms with E-state index in [0.29, 0.717) is 48.8 Å². The molecule has 0 saturated carbocycles. The number of nitrogens with zero attached hydrogens (tertiary/aromatic N) is 3. The standard InChI is InChI=1S/C22H23BrN4O4/c1-13(24-18-6-4-3-5-15(18)21(29)30)16-11-14(23)12-17-19(16)25-22(26(2)20(17)28)27-7-9-31-10-8-27/h3-6,11-13,24H,7-10H2,1-2H3,(H,29,30). The van der Waals surface area contributed by atoms with Crippen LogP contribution in [-0.2, 0) is 11.8 Å². The molecule has 0 amide bonds. The molecule has 31 heavy (non-hydrogen) atoms. The maximum atomic E-state index is 13.2. The lowest BCUT2D eigenvalue weighted by Crippen LogP contribution is -2.40. The van der Waals surface area contributed by atoms with Crippen molar-refractivity contribution >= 4 is 44.4 Å². The van der Waals surface area contributed by atoms with E-state index in [-0.39, 0.29) is 17.2 Å². The summed E-state index contributed by atoms with van der Waals surface area (Å²) >= 11 is 3.50. The second-order valence-corrected chi connectivity index (χ2v) is 8.40. The summed E-state index contributed by atoms with van der Waals surface area (Å²) in [6.07, 6.45) is 0. The van der Waals surface area contributed by atoms with Gasteiger partial charge in [0.15, 0.2) is 0 Å². The molecular formula is C22H23BrN4O4. The fourth-order valence-electron chi connectivity index (χ4n) is 3.84. The zero-order valence-electron chi connectivity index (χ0n) is 17.3. The zero-order chi connectivity index (χ0) is 22.1. The topological polar surface area (TPSA) is 96.7 Å². The van der Waals surface area contributed by atoms with Gasteiger partial charge in [-0.15, -0.1) is 0 Å². The number of benzene rings is 2. The highest BCUT2D eigenvalue weighted by Gasteiger charge is 2.21. The number of ether oxygens (including phenoxy) is 1. The molecule has 1 unspecified atom stereocenters. The molecule has 162 valence electrons. The molecule has 4 rings (SSSR count). The Kier molecular flexibility index (Phi) is 5.97. The molecule has 0 spiro atoms. The molecule has 0 bridgehead atoms. The molecule has 1 aromatic heterocycles. The van der Waals surface area contributed by atoms with Crippen LogP contribution in [0.5, 0.6) is 0 Å². The highest BCUT2D eigenvalue weighted by molar-refractivity contribution is 9.10. The minimum Gasteiger partial charge on any atom is -0.478 e. The molecule has 1 aliphatic heterocycles. The number of para-hydroxylation sites is 1. The van der Waals surface area contributed by atoms with E-state index in [2.05, 4.69) is 21.2 Å². The van der Waals surface area contributed by atoms with Crippen LogP contribution in [0.2, 0.25) is 0 Å². The van der Waals surface area contributed by atoms with Gasteiger partial charge in [-0.1, -0.05) is 28.1 Å². The van der Waals surface area contributed by atoms with Gasteiger partial charge in [-0.3, -0.25) is 9.36 Å². The molecule has 1 saturated heterocycles. The monoisotopic (exact) mass is 486 g/mol. The van der Waals surface area contributed by atoms with Crippen molar-refractivity contribution in [3.05, 3.63) is 62.4 Å². The SMILES string of the molecule is CC(Nc1ccccc1C(=O)O)c1cc(Br)cc2c(=O)n(C)c(N3CCOCC3)nc12. The molecule has 3 aromatic rings. The second kappa shape index (κ2) is 8.68. The summed E-state index contributed by atoms with van der Waals surface area (Å²) in [5, 5.41) is 13.3. The molecule has 2 heterocycles. The first kappa shape index (κ1) is 21.3. The van der Waals surface area contributed by atoms with Gasteiger partial charge in [-0.25, -0.2) is 9.78 Å². The van der Waals surface area contributed by atoms with Crippen LogP contribution in [0.4, 0.5) is 11.6 Å². The minimum absolute atomic E-state index is 0.132. The average Bonchev–Trinajstić information content (AvgIpc) is 2.77. The second-order valence-electron chi connectivity index (χ2n) is 7.48. The number of nitrogens with one attached hydrogen (secondary N) is 1. The molecule has 0 aliphatic carbocycles. The van der Waals surface area contributed by atoms with Gasteiger partial charge in [0.2, 0.25) is 5.95 Å². The highest BCUT2D eigenvalue weighted by atomic mass is 79.9. The third-order valence-corrected chi connectivity index (χ3v) is 5.90. The lowest BCUT2D eigenvalue weighted by atomic mass is 10.0. The molecule has 1 aliphatic rings. The highest BCUT2D eigenvalue weighted by Crippen LogP contribution is 2.30. The van der Waals surface area contributed by atoms with Crippen LogP contribution in [0.1, 0.15) is 28.9 Å². The normalized spacial score (nSPS) is 15.1. The number of halogens is 1. The zero-order valence-corrected chi connectivity index (χ0v) is 18.8. The van der Waals surface area contributed by atoms with Gasteiger partial charge in [0.05, 0.1) is 35.7 Å². The molecule has 8 nitrogen and oxygen atoms in total. The van der Waals surface area contributed by atoms with Gasteiger partial charge in [-0.05, 0) is 31.2 Å². The molecule has 0 radical (unpaired) electrons. The van der Waals surface area contributed by atoms with Crippen molar-refractivity contribution in [1.82, 2.24) is 9.55 Å². The van der Waals surface area contributed by atoms with Crippen molar-refractivity contribution < 1.29 is 14.6 Å². The molecule has 1 fully saturated rings. The Morgan fingerprint density at radius 2 is 1.97 bits per heavy atom. The van der Waals surface area contributed by atoms with Crippen molar-refractivity contribution in [1.29, 1.82) is 0 Å². The van der Waals surface area contributed by atoms with E-state index < -0.39 is 5.97 Å². The Labute approximate surface area is 187 Å². The van der Waals surface area contributed by atoms with Crippen LogP contribution >= 0.6 is 15.9 Å². The summed E-state index contributed by atoms with van der Waals surface area (Å²) in [5.74, 6) is -0.404. The molecule has 1 atom stereocenters. The number of morpholine rings is 1. The van der Waals surface area contributed by atoms with E-state index in [9.17, 15) is 14.7 Å². The van der Waals surface area contributed by atoms with Crippen molar-refractivity contribution in [3.8, 4) is 0 Å². The van der Waals surface area contributed by atoms with E-state index in [0.717, 1.165) is 10.0 Å². The predicted molar refractivity (Wildman–Crippen MR) is 123 cm³/mol. The van der Waals surface area contributed by atoms with Crippen molar-refractivity contribution in [3.63, 3.8) is 0 Å². The largest absolute Gasteiger partial charge is 0.478 e. The number of carbonyl (C=O) groups is 1. The van der Waals surface area contributed by atoms with E-state index in [1.54, 1.807) is 41.9 Å². The van der Waals surface area contributed by atoms with Crippen molar-refractivity contribution in [2.45, 2.75) is 13.0 Å². The summed E-state index contributed by atoms with van der Waals surface area (Å²) in [5.41, 5.74) is 1.96. The fourth-order valence-corrected chi connectivity index (χ4v) is 4.31. The molecule has 2 aromatic carbocycles. The van der Waals surface area contributed by atoms with E-state index in [1.807, 2.05) is 17.9 Å². The molecule has 9 heteroatoms. The van der Waals surface area contributed by atoms with Crippen LogP contribution in [-0.4, -0.2) is 46.9 Å². The smallest absolute Gasteiger partial charge is 0.337 e. The number of hydrogen-bond acceptors (Lipinski definition) is 6. The Morgan fingerprint density at radius 1 is 1.26 bits per heavy atom. The lowest BCUT2D eigenvalue weighted by molar-refractivity contribution is 0.0698. The number of hydrogen-bond donors (Lipinski definition) is 2. The number of aromatic carboxylic acids is 1. The van der Waals surface area contributed by atoms with Gasteiger partial charge in [0.25, 0.3) is 5.56 Å². The average molecular weight is 487 g/mol. The van der Waals surface area contributed by atoms with Gasteiger partial charge in [-0.2, -0.15) is 0 Å². The number of anilines is 2. The summed E-state index contributed by atoms with van der Waals surface area (Å²) < 4.78 is 7.76. The molecule has 2 N–H and O–H groups in total. The first-order valence-corrected chi connectivity index (χ1v) is 10.8. The van der Waals surface area contributed by atoms with Gasteiger partial charge >= 0.3 is 5.97 Å². The third kappa shape index (κ3) is 4.15. The fraction of sp³-hybridized carbons (Fsp3) is 0.318. The number of rotatable bonds is 5. The molecular weight excluding hydrogens is 464 g/mol. The van der Waals surface area contributed by atoms with E-state index >= 15 is 0 Å². The van der Waals surface area contributed by atoms with Crippen LogP contribution in [0.3, 0.4) is 0 Å². The Hall–Kier alpha value is -2.91. The Balaban J connectivity index is 1.83. The maximum Gasteiger partial charge on any atom is 0.337 e. The third-order valence-electron chi connectivity index (χ3n) is 5.44. The van der Waals surface area contributed by atoms with Gasteiger partial charge in [0, 0.05) is 35.9 Å². The number of fused-ring (bicyclic) bond motifs is 1. The van der Waals surface area contributed by atoms with Crippen LogP contribution in [0.15, 0.2) is 45.7 Å². The van der Waals surface area contributed by atoms with Gasteiger partial charge < -0.3 is 20.1 Å². The van der Waals surface area contributed by atoms with Crippen LogP contribution < -0.4 is 15.8 Å². The summed E-state index contributed by atoms with van der Waals surface area (Å²) in [6, 6.07) is 10.2. The summed E-state index contributed by atoms with van der Waals surface area (Å²) in [6.45, 7) is 4.43. The van der Waals surface area contributed by atoms with Crippen molar-refractivity contribution in [2.24, 2.45) is 7.05 Å². The lowest BCUT2D eigenvalue weighted by Gasteiger charge is -2.29. The Bertz CT molecular complexity index is 1200. The van der Waals surface area contributed by atoms with E-state index in [1.165, 1.54) is 0 Å². The van der Waals surface area contributed by atoms with E-state index in [4.69, 9.17) is 9.72 Å². The number of carboxylic acid groups (broad SMARTS) is 1. The number of carboxylic acids is 1. The summed E-state index contributed by atoms with van der Waals surface area (Å²) in [7, 11) is 1.73. The summed E-state index contributed by atoms with van der Waals surface area (Å²) in [4.78, 5) is 31.7. The first-order chi connectivity index (χ1) is 14.9. The Morgan fingerprint density at radius 3 is 2.68 bits per heavy atom. The quantitative estimate of drug-likeness (QED) is 0.570. The van der Waals surface area contributed by atoms with Crippen LogP contribution in [0.25, 0.3) is 10.9 Å². The van der Waals surface area contributed by atoms with Crippen molar-refractivity contribution in [2.75, 3.05) is 36.5 Å². The maximum absolute atomic E-state index is 13.2. The predicted octanol–water partition coefficient (Wildman–Crippen LogP) is 3.40.